The maximum atomic E-state index is 12.0. The molecule has 1 rings (SSSR count). The summed E-state index contributed by atoms with van der Waals surface area (Å²) >= 11 is 0. The molecule has 0 aliphatic heterocycles. The van der Waals surface area contributed by atoms with Gasteiger partial charge in [-0.15, -0.1) is 0 Å². The Kier molecular flexibility index (Phi) is 6.04. The van der Waals surface area contributed by atoms with Crippen molar-refractivity contribution in [2.75, 3.05) is 0 Å². The molecule has 3 nitrogen and oxygen atoms in total. The van der Waals surface area contributed by atoms with Crippen LogP contribution in [0.3, 0.4) is 0 Å². The number of rotatable bonds is 3. The van der Waals surface area contributed by atoms with Crippen LogP contribution in [-0.4, -0.2) is 17.9 Å². The number of halogens is 3. The van der Waals surface area contributed by atoms with Crippen molar-refractivity contribution in [3.05, 3.63) is 29.6 Å². The van der Waals surface area contributed by atoms with Crippen molar-refractivity contribution in [3.63, 3.8) is 0 Å². The molecule has 0 unspecified atom stereocenters. The molecule has 0 aliphatic rings. The van der Waals surface area contributed by atoms with Gasteiger partial charge in [0.15, 0.2) is 0 Å². The van der Waals surface area contributed by atoms with E-state index in [2.05, 4.69) is 4.98 Å². The van der Waals surface area contributed by atoms with Crippen molar-refractivity contribution in [2.24, 2.45) is 5.73 Å². The van der Waals surface area contributed by atoms with Gasteiger partial charge < -0.3 is 18.7 Å². The number of hydrogen-bond donors (Lipinski definition) is 1. The molecule has 1 amide bonds. The molecule has 0 saturated heterocycles. The fourth-order valence-electron chi connectivity index (χ4n) is 0.980. The van der Waals surface area contributed by atoms with Gasteiger partial charge in [0.25, 0.3) is 0 Å². The van der Waals surface area contributed by atoms with Crippen LogP contribution in [0, 0.1) is 0 Å². The Morgan fingerprint density at radius 2 is 2.07 bits per heavy atom. The van der Waals surface area contributed by atoms with Gasteiger partial charge in [-0.1, -0.05) is 0 Å². The molecule has 0 saturated carbocycles. The minimum absolute atomic E-state index is 0. The monoisotopic (exact) mass is 242 g/mol. The van der Waals surface area contributed by atoms with Crippen LogP contribution >= 0.6 is 0 Å². The maximum absolute atomic E-state index is 12.0. The normalized spacial score (nSPS) is 10.6. The number of amides is 1. The summed E-state index contributed by atoms with van der Waals surface area (Å²) < 4.78 is 35.9. The van der Waals surface area contributed by atoms with Crippen molar-refractivity contribution < 1.29 is 69.1 Å². The molecule has 0 aliphatic carbocycles. The second kappa shape index (κ2) is 6.00. The number of aromatic nitrogens is 1. The van der Waals surface area contributed by atoms with Crippen LogP contribution in [0.15, 0.2) is 18.3 Å². The minimum atomic E-state index is -4.93. The van der Waals surface area contributed by atoms with Gasteiger partial charge in [0, 0.05) is 17.5 Å². The summed E-state index contributed by atoms with van der Waals surface area (Å²) in [6.45, 7) is -4.93. The number of pyridine rings is 1. The molecule has 2 N–H and O–H groups in total. The van der Waals surface area contributed by atoms with Gasteiger partial charge in [-0.25, -0.2) is 0 Å². The van der Waals surface area contributed by atoms with E-state index in [4.69, 9.17) is 5.73 Å². The third-order valence-corrected chi connectivity index (χ3v) is 1.54. The molecule has 0 atom stereocenters. The SMILES string of the molecule is NC(=O)c1ccnc(C[B-](F)(F)F)c1.[K+]. The van der Waals surface area contributed by atoms with E-state index >= 15 is 0 Å². The molecule has 0 fully saturated rings. The smallest absolute Gasteiger partial charge is 0.449 e. The quantitative estimate of drug-likeness (QED) is 0.630. The number of primary amides is 1. The first kappa shape index (κ1) is 15.1. The van der Waals surface area contributed by atoms with Crippen molar-refractivity contribution in [3.8, 4) is 0 Å². The van der Waals surface area contributed by atoms with E-state index in [1.54, 1.807) is 0 Å². The summed E-state index contributed by atoms with van der Waals surface area (Å²) in [4.78, 5) is 14.1. The molecule has 0 spiro atoms. The molecular weight excluding hydrogens is 235 g/mol. The number of hydrogen-bond acceptors (Lipinski definition) is 2. The summed E-state index contributed by atoms with van der Waals surface area (Å²) in [5.74, 6) is -0.761. The second-order valence-corrected chi connectivity index (χ2v) is 2.81. The Labute approximate surface area is 127 Å². The Morgan fingerprint density at radius 1 is 1.47 bits per heavy atom. The zero-order chi connectivity index (χ0) is 10.8. The Morgan fingerprint density at radius 3 is 2.53 bits per heavy atom. The summed E-state index contributed by atoms with van der Waals surface area (Å²) in [6.07, 6.45) is 0.0400. The van der Waals surface area contributed by atoms with E-state index in [0.717, 1.165) is 12.3 Å². The van der Waals surface area contributed by atoms with Gasteiger partial charge in [-0.2, -0.15) is 0 Å². The van der Waals surface area contributed by atoms with Gasteiger partial charge >= 0.3 is 58.4 Å². The van der Waals surface area contributed by atoms with Crippen LogP contribution in [0.2, 0.25) is 0 Å². The van der Waals surface area contributed by atoms with Gasteiger partial charge in [0.05, 0.1) is 0 Å². The Bertz CT molecular complexity index is 358. The number of carbonyl (C=O) groups excluding carboxylic acids is 1. The van der Waals surface area contributed by atoms with Crippen LogP contribution in [0.5, 0.6) is 0 Å². The molecule has 0 radical (unpaired) electrons. The molecule has 1 heterocycles. The first-order chi connectivity index (χ1) is 6.38. The second-order valence-electron chi connectivity index (χ2n) is 2.81. The van der Waals surface area contributed by atoms with Gasteiger partial charge in [-0.05, 0) is 18.5 Å². The molecule has 1 aromatic heterocycles. The third-order valence-electron chi connectivity index (χ3n) is 1.54. The van der Waals surface area contributed by atoms with Crippen molar-refractivity contribution in [1.82, 2.24) is 4.98 Å². The third kappa shape index (κ3) is 5.67. The fourth-order valence-corrected chi connectivity index (χ4v) is 0.980. The van der Waals surface area contributed by atoms with Crippen LogP contribution in [0.4, 0.5) is 12.9 Å². The predicted octanol–water partition coefficient (Wildman–Crippen LogP) is -1.89. The van der Waals surface area contributed by atoms with Gasteiger partial charge in [0.2, 0.25) is 5.91 Å². The molecule has 0 aromatic carbocycles. The summed E-state index contributed by atoms with van der Waals surface area (Å²) in [7, 11) is 0. The fraction of sp³-hybridized carbons (Fsp3) is 0.143. The molecule has 8 heteroatoms. The molecule has 0 bridgehead atoms. The summed E-state index contributed by atoms with van der Waals surface area (Å²) in [5, 5.41) is 0. The van der Waals surface area contributed by atoms with Crippen LogP contribution in [0.1, 0.15) is 16.1 Å². The molecule has 15 heavy (non-hydrogen) atoms. The first-order valence-corrected chi connectivity index (χ1v) is 3.84. The molecular formula is C7H7BF3KN2O. The standard InChI is InChI=1S/C7H7BF3N2O.K/c9-8(10,11)4-6-3-5(7(12)14)1-2-13-6;/h1-3H,4H2,(H2,12,14);/q-1;+1. The van der Waals surface area contributed by atoms with Crippen molar-refractivity contribution in [2.45, 2.75) is 6.32 Å². The molecule has 1 aromatic rings. The van der Waals surface area contributed by atoms with Crippen LogP contribution in [-0.2, 0) is 6.32 Å². The first-order valence-electron chi connectivity index (χ1n) is 3.84. The van der Waals surface area contributed by atoms with E-state index in [1.807, 2.05) is 0 Å². The maximum Gasteiger partial charge on any atom is 1.00 e. The Balaban J connectivity index is 0.00000196. The average Bonchev–Trinajstić information content (AvgIpc) is 2.01. The van der Waals surface area contributed by atoms with E-state index in [9.17, 15) is 17.7 Å². The van der Waals surface area contributed by atoms with Crippen LogP contribution in [0.25, 0.3) is 0 Å². The molecule has 76 valence electrons. The van der Waals surface area contributed by atoms with Crippen molar-refractivity contribution in [1.29, 1.82) is 0 Å². The largest absolute Gasteiger partial charge is 1.00 e. The van der Waals surface area contributed by atoms with E-state index in [1.165, 1.54) is 6.07 Å². The zero-order valence-corrected chi connectivity index (χ0v) is 11.2. The number of carbonyl (C=O) groups is 1. The topological polar surface area (TPSA) is 56.0 Å². The summed E-state index contributed by atoms with van der Waals surface area (Å²) in [6, 6.07) is 2.33. The minimum Gasteiger partial charge on any atom is -0.449 e. The van der Waals surface area contributed by atoms with Gasteiger partial charge in [-0.3, -0.25) is 9.78 Å². The number of nitrogens with zero attached hydrogens (tertiary/aromatic N) is 1. The average molecular weight is 242 g/mol. The summed E-state index contributed by atoms with van der Waals surface area (Å²) in [5.41, 5.74) is 4.75. The Hall–Kier alpha value is 0.111. The number of nitrogens with two attached hydrogens (primary N) is 1. The van der Waals surface area contributed by atoms with E-state index < -0.39 is 19.2 Å². The van der Waals surface area contributed by atoms with Crippen LogP contribution < -0.4 is 57.1 Å². The zero-order valence-electron chi connectivity index (χ0n) is 8.08. The predicted molar refractivity (Wildman–Crippen MR) is 45.5 cm³/mol. The van der Waals surface area contributed by atoms with E-state index in [-0.39, 0.29) is 62.6 Å². The van der Waals surface area contributed by atoms with Crippen molar-refractivity contribution >= 4 is 12.9 Å². The van der Waals surface area contributed by atoms with Gasteiger partial charge in [0.1, 0.15) is 0 Å². The van der Waals surface area contributed by atoms with E-state index in [0.29, 0.717) is 0 Å².